The molecule has 0 N–H and O–H groups in total. The molecular formula is C18H14HfSi. The van der Waals surface area contributed by atoms with Crippen LogP contribution in [0.15, 0.2) is 84.9 Å². The SMILES string of the molecule is [Si]=[Hf+2].c1ccc2[cH-]ccc2c1.c1ccc2[cH-]ccc2c1. The zero-order valence-electron chi connectivity index (χ0n) is 11.1. The van der Waals surface area contributed by atoms with Crippen molar-refractivity contribution in [3.05, 3.63) is 84.9 Å². The minimum absolute atomic E-state index is 1.11. The molecule has 2 radical (unpaired) electrons. The molecule has 0 nitrogen and oxygen atoms in total. The second kappa shape index (κ2) is 8.13. The van der Waals surface area contributed by atoms with Crippen LogP contribution >= 0.6 is 0 Å². The molecule has 0 amide bonds. The third kappa shape index (κ3) is 3.87. The van der Waals surface area contributed by atoms with Crippen molar-refractivity contribution >= 4 is 28.5 Å². The third-order valence-electron chi connectivity index (χ3n) is 3.10. The average molecular weight is 437 g/mol. The van der Waals surface area contributed by atoms with E-state index in [9.17, 15) is 0 Å². The summed E-state index contributed by atoms with van der Waals surface area (Å²) in [6.45, 7) is 3.11. The topological polar surface area (TPSA) is 0 Å². The quantitative estimate of drug-likeness (QED) is 0.276. The molecule has 0 heterocycles. The first kappa shape index (κ1) is 15.1. The number of benzene rings is 2. The van der Waals surface area contributed by atoms with Crippen molar-refractivity contribution in [3.8, 4) is 0 Å². The second-order valence-electron chi connectivity index (χ2n) is 4.31. The molecular weight excluding hydrogens is 423 g/mol. The first-order valence-electron chi connectivity index (χ1n) is 6.39. The molecule has 0 spiro atoms. The zero-order chi connectivity index (χ0) is 14.2. The van der Waals surface area contributed by atoms with E-state index in [1.807, 2.05) is 0 Å². The Balaban J connectivity index is 0.000000131. The van der Waals surface area contributed by atoms with Gasteiger partial charge >= 0.3 is 29.9 Å². The van der Waals surface area contributed by atoms with Crippen LogP contribution in [0, 0.1) is 0 Å². The fourth-order valence-corrected chi connectivity index (χ4v) is 2.14. The maximum Gasteiger partial charge on any atom is -0.0809 e. The van der Waals surface area contributed by atoms with Crippen molar-refractivity contribution in [2.24, 2.45) is 0 Å². The van der Waals surface area contributed by atoms with E-state index in [0.29, 0.717) is 0 Å². The summed E-state index contributed by atoms with van der Waals surface area (Å²) in [5.41, 5.74) is 0. The van der Waals surface area contributed by atoms with Gasteiger partial charge in [0.15, 0.2) is 0 Å². The molecule has 0 saturated heterocycles. The van der Waals surface area contributed by atoms with Crippen LogP contribution in [-0.2, 0) is 23.0 Å². The summed E-state index contributed by atoms with van der Waals surface area (Å²) >= 11 is 1.11. The summed E-state index contributed by atoms with van der Waals surface area (Å²) in [5, 5.41) is 5.32. The number of hydrogen-bond acceptors (Lipinski definition) is 0. The minimum atomic E-state index is 1.11. The van der Waals surface area contributed by atoms with Gasteiger partial charge in [-0.2, -0.15) is 35.0 Å². The van der Waals surface area contributed by atoms with Crippen molar-refractivity contribution < 1.29 is 23.0 Å². The van der Waals surface area contributed by atoms with Crippen molar-refractivity contribution in [2.75, 3.05) is 0 Å². The minimum Gasteiger partial charge on any atom is -0.168 e. The van der Waals surface area contributed by atoms with E-state index in [4.69, 9.17) is 0 Å². The molecule has 4 rings (SSSR count). The molecule has 4 aromatic carbocycles. The summed E-state index contributed by atoms with van der Waals surface area (Å²) in [4.78, 5) is 0. The Morgan fingerprint density at radius 1 is 0.600 bits per heavy atom. The fraction of sp³-hybridized carbons (Fsp3) is 0. The van der Waals surface area contributed by atoms with E-state index in [-0.39, 0.29) is 0 Å². The van der Waals surface area contributed by atoms with Crippen LogP contribution in [0.2, 0.25) is 0 Å². The van der Waals surface area contributed by atoms with E-state index in [0.717, 1.165) is 23.0 Å². The van der Waals surface area contributed by atoms with Gasteiger partial charge in [0.25, 0.3) is 0 Å². The Bertz CT molecular complexity index is 640. The van der Waals surface area contributed by atoms with Crippen LogP contribution in [-0.4, -0.2) is 6.94 Å². The standard InChI is InChI=1S/2C9H7.Hf.Si/c2*1-2-5-9-7-3-6-8(9)4-1;;/h2*1-7H;;/q2*-1;+2;. The Labute approximate surface area is 136 Å². The van der Waals surface area contributed by atoms with Gasteiger partial charge in [-0.25, -0.2) is 0 Å². The number of hydrogen-bond donors (Lipinski definition) is 0. The first-order chi connectivity index (χ1) is 9.93. The molecule has 0 aliphatic heterocycles. The van der Waals surface area contributed by atoms with Gasteiger partial charge in [0.05, 0.1) is 0 Å². The van der Waals surface area contributed by atoms with E-state index in [1.54, 1.807) is 0 Å². The third-order valence-corrected chi connectivity index (χ3v) is 3.10. The van der Waals surface area contributed by atoms with Crippen LogP contribution in [0.3, 0.4) is 0 Å². The summed E-state index contributed by atoms with van der Waals surface area (Å²) in [5.74, 6) is 0. The summed E-state index contributed by atoms with van der Waals surface area (Å²) < 4.78 is 0. The Morgan fingerprint density at radius 3 is 1.40 bits per heavy atom. The molecule has 0 bridgehead atoms. The van der Waals surface area contributed by atoms with Crippen LogP contribution in [0.25, 0.3) is 21.5 Å². The monoisotopic (exact) mass is 438 g/mol. The summed E-state index contributed by atoms with van der Waals surface area (Å²) in [6.07, 6.45) is 0. The van der Waals surface area contributed by atoms with Crippen LogP contribution in [0.5, 0.6) is 0 Å². The van der Waals surface area contributed by atoms with Crippen molar-refractivity contribution in [3.63, 3.8) is 0 Å². The maximum atomic E-state index is 3.11. The van der Waals surface area contributed by atoms with Crippen molar-refractivity contribution in [1.82, 2.24) is 0 Å². The van der Waals surface area contributed by atoms with Gasteiger partial charge in [-0.1, -0.05) is 12.1 Å². The van der Waals surface area contributed by atoms with Gasteiger partial charge in [-0.05, 0) is 0 Å². The largest absolute Gasteiger partial charge is 0.168 e. The number of rotatable bonds is 0. The Morgan fingerprint density at radius 2 is 1.00 bits per heavy atom. The molecule has 20 heavy (non-hydrogen) atoms. The molecule has 0 unspecified atom stereocenters. The molecule has 0 atom stereocenters. The van der Waals surface area contributed by atoms with Crippen LogP contribution in [0.1, 0.15) is 0 Å². The van der Waals surface area contributed by atoms with Gasteiger partial charge < -0.3 is 0 Å². The molecule has 0 saturated carbocycles. The van der Waals surface area contributed by atoms with Crippen molar-refractivity contribution in [2.45, 2.75) is 0 Å². The van der Waals surface area contributed by atoms with Gasteiger partial charge in [0.1, 0.15) is 0 Å². The predicted molar refractivity (Wildman–Crippen MR) is 84.8 cm³/mol. The van der Waals surface area contributed by atoms with Gasteiger partial charge in [0, 0.05) is 0 Å². The molecule has 0 aliphatic carbocycles. The Kier molecular flexibility index (Phi) is 6.15. The molecule has 0 aliphatic rings. The maximum absolute atomic E-state index is 3.11. The van der Waals surface area contributed by atoms with Crippen molar-refractivity contribution in [1.29, 1.82) is 0 Å². The second-order valence-corrected chi connectivity index (χ2v) is 4.31. The van der Waals surface area contributed by atoms with Crippen LogP contribution in [0.4, 0.5) is 0 Å². The average Bonchev–Trinajstić information content (AvgIpc) is 3.18. The smallest absolute Gasteiger partial charge is 0.0809 e. The molecule has 2 heteroatoms. The van der Waals surface area contributed by atoms with Gasteiger partial charge in [-0.15, -0.1) is 59.3 Å². The number of fused-ring (bicyclic) bond motifs is 2. The Hall–Kier alpha value is -1.25. The fourth-order valence-electron chi connectivity index (χ4n) is 2.14. The normalized spacial score (nSPS) is 9.50. The summed E-state index contributed by atoms with van der Waals surface area (Å²) in [6, 6.07) is 29.3. The molecule has 0 fully saturated rings. The molecule has 4 aromatic rings. The predicted octanol–water partition coefficient (Wildman–Crippen LogP) is 4.73. The zero-order valence-corrected chi connectivity index (χ0v) is 15.7. The first-order valence-corrected chi connectivity index (χ1v) is 12.3. The van der Waals surface area contributed by atoms with E-state index in [1.165, 1.54) is 21.5 Å². The van der Waals surface area contributed by atoms with E-state index >= 15 is 0 Å². The summed E-state index contributed by atoms with van der Waals surface area (Å²) in [7, 11) is 0. The molecule has 0 aromatic heterocycles. The van der Waals surface area contributed by atoms with Crippen LogP contribution < -0.4 is 0 Å². The van der Waals surface area contributed by atoms with E-state index < -0.39 is 0 Å². The van der Waals surface area contributed by atoms with Gasteiger partial charge in [0.2, 0.25) is 0 Å². The van der Waals surface area contributed by atoms with Gasteiger partial charge in [-0.3, -0.25) is 0 Å². The van der Waals surface area contributed by atoms with E-state index in [2.05, 4.69) is 91.9 Å². The molecule has 94 valence electrons.